The quantitative estimate of drug-likeness (QED) is 0.840. The van der Waals surface area contributed by atoms with E-state index in [1.807, 2.05) is 45.0 Å². The molecule has 0 bridgehead atoms. The highest BCUT2D eigenvalue weighted by atomic mass is 16.6. The SMILES string of the molecule is CC(C)(C)OC(=O)N[C@H]1CC[C@@H](Oc2ccccc2N)C1. The predicted octanol–water partition coefficient (Wildman–Crippen LogP) is 3.09. The first-order chi connectivity index (χ1) is 9.83. The van der Waals surface area contributed by atoms with Gasteiger partial charge in [0.05, 0.1) is 5.69 Å². The number of para-hydroxylation sites is 2. The van der Waals surface area contributed by atoms with Gasteiger partial charge >= 0.3 is 6.09 Å². The van der Waals surface area contributed by atoms with Crippen LogP contribution in [-0.4, -0.2) is 23.8 Å². The Kier molecular flexibility index (Phi) is 4.60. The Hall–Kier alpha value is -1.91. The van der Waals surface area contributed by atoms with Crippen molar-refractivity contribution in [1.29, 1.82) is 0 Å². The number of nitrogens with two attached hydrogens (primary N) is 1. The van der Waals surface area contributed by atoms with Crippen LogP contribution in [0.15, 0.2) is 24.3 Å². The van der Waals surface area contributed by atoms with Crippen LogP contribution in [-0.2, 0) is 4.74 Å². The summed E-state index contributed by atoms with van der Waals surface area (Å²) in [6, 6.07) is 7.56. The van der Waals surface area contributed by atoms with E-state index in [9.17, 15) is 4.79 Å². The number of nitrogens with one attached hydrogen (secondary N) is 1. The van der Waals surface area contributed by atoms with Crippen LogP contribution in [0.25, 0.3) is 0 Å². The number of rotatable bonds is 3. The zero-order valence-electron chi connectivity index (χ0n) is 12.9. The van der Waals surface area contributed by atoms with E-state index < -0.39 is 5.60 Å². The molecule has 1 fully saturated rings. The number of ether oxygens (including phenoxy) is 2. The van der Waals surface area contributed by atoms with Gasteiger partial charge in [-0.2, -0.15) is 0 Å². The van der Waals surface area contributed by atoms with Crippen LogP contribution in [0.1, 0.15) is 40.0 Å². The van der Waals surface area contributed by atoms with Gasteiger partial charge < -0.3 is 20.5 Å². The molecule has 0 radical (unpaired) electrons. The minimum absolute atomic E-state index is 0.0784. The van der Waals surface area contributed by atoms with Crippen LogP contribution in [0.3, 0.4) is 0 Å². The van der Waals surface area contributed by atoms with Crippen molar-refractivity contribution in [1.82, 2.24) is 5.32 Å². The van der Waals surface area contributed by atoms with E-state index in [2.05, 4.69) is 5.32 Å². The normalized spacial score (nSPS) is 21.9. The molecule has 3 N–H and O–H groups in total. The molecule has 0 aromatic heterocycles. The van der Waals surface area contributed by atoms with Crippen molar-refractivity contribution < 1.29 is 14.3 Å². The molecule has 21 heavy (non-hydrogen) atoms. The molecular weight excluding hydrogens is 268 g/mol. The van der Waals surface area contributed by atoms with Crippen LogP contribution in [0.4, 0.5) is 10.5 Å². The van der Waals surface area contributed by atoms with Gasteiger partial charge in [0.1, 0.15) is 17.5 Å². The molecule has 0 unspecified atom stereocenters. The van der Waals surface area contributed by atoms with Gasteiger partial charge in [-0.3, -0.25) is 0 Å². The number of carbonyl (C=O) groups excluding carboxylic acids is 1. The molecule has 0 aliphatic heterocycles. The molecule has 2 atom stereocenters. The zero-order chi connectivity index (χ0) is 15.5. The number of amides is 1. The summed E-state index contributed by atoms with van der Waals surface area (Å²) in [5.74, 6) is 0.709. The van der Waals surface area contributed by atoms with Gasteiger partial charge in [-0.25, -0.2) is 4.79 Å². The maximum Gasteiger partial charge on any atom is 0.407 e. The molecular formula is C16H24N2O3. The number of nitrogen functional groups attached to an aromatic ring is 1. The van der Waals surface area contributed by atoms with Crippen LogP contribution >= 0.6 is 0 Å². The van der Waals surface area contributed by atoms with E-state index in [0.717, 1.165) is 19.3 Å². The number of carbonyl (C=O) groups is 1. The van der Waals surface area contributed by atoms with Crippen molar-refractivity contribution >= 4 is 11.8 Å². The summed E-state index contributed by atoms with van der Waals surface area (Å²) in [5.41, 5.74) is 6.03. The third-order valence-corrected chi connectivity index (χ3v) is 3.32. The number of hydrogen-bond acceptors (Lipinski definition) is 4. The molecule has 1 aromatic rings. The topological polar surface area (TPSA) is 73.6 Å². The molecule has 116 valence electrons. The summed E-state index contributed by atoms with van der Waals surface area (Å²) in [6.45, 7) is 5.56. The van der Waals surface area contributed by atoms with E-state index in [-0.39, 0.29) is 18.2 Å². The third-order valence-electron chi connectivity index (χ3n) is 3.32. The number of anilines is 1. The molecule has 1 saturated carbocycles. The van der Waals surface area contributed by atoms with Crippen molar-refractivity contribution in [2.45, 2.75) is 57.8 Å². The second kappa shape index (κ2) is 6.24. The summed E-state index contributed by atoms with van der Waals surface area (Å²) in [4.78, 5) is 11.7. The highest BCUT2D eigenvalue weighted by Crippen LogP contribution is 2.28. The number of benzene rings is 1. The summed E-state index contributed by atoms with van der Waals surface area (Å²) in [5, 5.41) is 2.89. The van der Waals surface area contributed by atoms with Crippen LogP contribution < -0.4 is 15.8 Å². The fraction of sp³-hybridized carbons (Fsp3) is 0.562. The van der Waals surface area contributed by atoms with Gasteiger partial charge in [-0.15, -0.1) is 0 Å². The van der Waals surface area contributed by atoms with Gasteiger partial charge in [0, 0.05) is 12.5 Å². The monoisotopic (exact) mass is 292 g/mol. The Morgan fingerprint density at radius 2 is 2.00 bits per heavy atom. The molecule has 0 spiro atoms. The Balaban J connectivity index is 1.81. The summed E-state index contributed by atoms with van der Waals surface area (Å²) < 4.78 is 11.2. The lowest BCUT2D eigenvalue weighted by atomic mass is 10.2. The Morgan fingerprint density at radius 3 is 2.67 bits per heavy atom. The minimum atomic E-state index is -0.475. The zero-order valence-corrected chi connectivity index (χ0v) is 12.9. The molecule has 1 aromatic carbocycles. The largest absolute Gasteiger partial charge is 0.488 e. The lowest BCUT2D eigenvalue weighted by Crippen LogP contribution is -2.38. The molecule has 0 saturated heterocycles. The first kappa shape index (κ1) is 15.5. The van der Waals surface area contributed by atoms with E-state index in [4.69, 9.17) is 15.2 Å². The third kappa shape index (κ3) is 4.85. The number of hydrogen-bond donors (Lipinski definition) is 2. The highest BCUT2D eigenvalue weighted by Gasteiger charge is 2.29. The second-order valence-corrected chi connectivity index (χ2v) is 6.43. The fourth-order valence-corrected chi connectivity index (χ4v) is 2.42. The van der Waals surface area contributed by atoms with E-state index >= 15 is 0 Å². The van der Waals surface area contributed by atoms with Gasteiger partial charge in [0.25, 0.3) is 0 Å². The highest BCUT2D eigenvalue weighted by molar-refractivity contribution is 5.68. The predicted molar refractivity (Wildman–Crippen MR) is 82.3 cm³/mol. The first-order valence-corrected chi connectivity index (χ1v) is 7.34. The summed E-state index contributed by atoms with van der Waals surface area (Å²) in [7, 11) is 0. The van der Waals surface area contributed by atoms with Gasteiger partial charge in [0.2, 0.25) is 0 Å². The fourth-order valence-electron chi connectivity index (χ4n) is 2.42. The molecule has 1 aliphatic rings. The average Bonchev–Trinajstić information content (AvgIpc) is 2.77. The van der Waals surface area contributed by atoms with E-state index in [0.29, 0.717) is 11.4 Å². The molecule has 5 nitrogen and oxygen atoms in total. The van der Waals surface area contributed by atoms with Gasteiger partial charge in [-0.05, 0) is 45.7 Å². The van der Waals surface area contributed by atoms with Gasteiger partial charge in [-0.1, -0.05) is 12.1 Å². The van der Waals surface area contributed by atoms with E-state index in [1.54, 1.807) is 0 Å². The standard InChI is InChI=1S/C16H24N2O3/c1-16(2,3)21-15(19)18-11-8-9-12(10-11)20-14-7-5-4-6-13(14)17/h4-7,11-12H,8-10,17H2,1-3H3,(H,18,19)/t11-,12+/m0/s1. The Bertz CT molecular complexity index is 497. The maximum absolute atomic E-state index is 11.7. The first-order valence-electron chi connectivity index (χ1n) is 7.34. The average molecular weight is 292 g/mol. The molecule has 5 heteroatoms. The van der Waals surface area contributed by atoms with Crippen LogP contribution in [0.5, 0.6) is 5.75 Å². The smallest absolute Gasteiger partial charge is 0.407 e. The van der Waals surface area contributed by atoms with Crippen molar-refractivity contribution in [3.05, 3.63) is 24.3 Å². The minimum Gasteiger partial charge on any atom is -0.488 e. The van der Waals surface area contributed by atoms with Crippen molar-refractivity contribution in [2.75, 3.05) is 5.73 Å². The molecule has 0 heterocycles. The Labute approximate surface area is 125 Å². The summed E-state index contributed by atoms with van der Waals surface area (Å²) >= 11 is 0. The number of alkyl carbamates (subject to hydrolysis) is 1. The second-order valence-electron chi connectivity index (χ2n) is 6.43. The molecule has 1 aliphatic carbocycles. The molecule has 1 amide bonds. The molecule has 2 rings (SSSR count). The van der Waals surface area contributed by atoms with Crippen LogP contribution in [0, 0.1) is 0 Å². The van der Waals surface area contributed by atoms with Crippen molar-refractivity contribution in [3.63, 3.8) is 0 Å². The lowest BCUT2D eigenvalue weighted by Gasteiger charge is -2.22. The van der Waals surface area contributed by atoms with Crippen LogP contribution in [0.2, 0.25) is 0 Å². The van der Waals surface area contributed by atoms with Crippen molar-refractivity contribution in [2.24, 2.45) is 0 Å². The lowest BCUT2D eigenvalue weighted by molar-refractivity contribution is 0.0503. The Morgan fingerprint density at radius 1 is 1.29 bits per heavy atom. The van der Waals surface area contributed by atoms with E-state index in [1.165, 1.54) is 0 Å². The van der Waals surface area contributed by atoms with Gasteiger partial charge in [0.15, 0.2) is 0 Å². The summed E-state index contributed by atoms with van der Waals surface area (Å²) in [6.07, 6.45) is 2.26. The maximum atomic E-state index is 11.7. The van der Waals surface area contributed by atoms with Crippen molar-refractivity contribution in [3.8, 4) is 5.75 Å².